The fourth-order valence-corrected chi connectivity index (χ4v) is 3.09. The summed E-state index contributed by atoms with van der Waals surface area (Å²) in [6, 6.07) is 13.7. The molecule has 0 spiro atoms. The van der Waals surface area contributed by atoms with Crippen LogP contribution in [0, 0.1) is 0 Å². The summed E-state index contributed by atoms with van der Waals surface area (Å²) in [6.45, 7) is 0.822. The third-order valence-electron chi connectivity index (χ3n) is 4.18. The Hall–Kier alpha value is -3.40. The van der Waals surface area contributed by atoms with E-state index >= 15 is 0 Å². The van der Waals surface area contributed by atoms with Gasteiger partial charge in [0.1, 0.15) is 0 Å². The first kappa shape index (κ1) is 19.9. The number of nitrogens with one attached hydrogen (secondary N) is 2. The molecule has 9 nitrogen and oxygen atoms in total. The van der Waals surface area contributed by atoms with E-state index in [1.807, 2.05) is 56.6 Å². The minimum atomic E-state index is 0.220. The van der Waals surface area contributed by atoms with Crippen LogP contribution < -0.4 is 25.1 Å². The van der Waals surface area contributed by atoms with Crippen molar-refractivity contribution in [3.63, 3.8) is 0 Å². The van der Waals surface area contributed by atoms with E-state index in [1.54, 1.807) is 11.1 Å². The molecule has 1 aliphatic heterocycles. The average Bonchev–Trinajstić information content (AvgIpc) is 3.20. The molecule has 154 valence electrons. The molecule has 0 atom stereocenters. The summed E-state index contributed by atoms with van der Waals surface area (Å²) in [4.78, 5) is 15.0. The van der Waals surface area contributed by atoms with Gasteiger partial charge in [-0.05, 0) is 33.6 Å². The molecule has 0 bridgehead atoms. The number of hydrogen-bond donors (Lipinski definition) is 2. The van der Waals surface area contributed by atoms with Gasteiger partial charge in [0.15, 0.2) is 11.5 Å². The molecule has 30 heavy (non-hydrogen) atoms. The number of nitrogens with zero attached hydrogens (tertiary/aromatic N) is 5. The van der Waals surface area contributed by atoms with Gasteiger partial charge < -0.3 is 19.7 Å². The first-order valence-electron chi connectivity index (χ1n) is 9.18. The van der Waals surface area contributed by atoms with Crippen molar-refractivity contribution in [2.75, 3.05) is 36.5 Å². The van der Waals surface area contributed by atoms with Crippen LogP contribution in [-0.4, -0.2) is 42.1 Å². The van der Waals surface area contributed by atoms with Crippen LogP contribution in [0.2, 0.25) is 0 Å². The molecule has 3 aromatic rings. The quantitative estimate of drug-likeness (QED) is 0.400. The zero-order chi connectivity index (χ0) is 20.9. The van der Waals surface area contributed by atoms with Gasteiger partial charge in [0.25, 0.3) is 0 Å². The Morgan fingerprint density at radius 1 is 1.07 bits per heavy atom. The minimum absolute atomic E-state index is 0.220. The second-order valence-corrected chi connectivity index (χ2v) is 7.47. The number of rotatable bonds is 7. The molecule has 1 aromatic heterocycles. The van der Waals surface area contributed by atoms with E-state index in [0.29, 0.717) is 35.9 Å². The summed E-state index contributed by atoms with van der Waals surface area (Å²) in [5.41, 5.74) is 4.83. The van der Waals surface area contributed by atoms with Crippen molar-refractivity contribution in [3.8, 4) is 11.5 Å². The summed E-state index contributed by atoms with van der Waals surface area (Å²) in [6.07, 6.45) is 1.65. The van der Waals surface area contributed by atoms with E-state index in [0.717, 1.165) is 15.6 Å². The lowest BCUT2D eigenvalue weighted by Crippen LogP contribution is -2.16. The first-order chi connectivity index (χ1) is 14.6. The van der Waals surface area contributed by atoms with Crippen molar-refractivity contribution >= 4 is 40.0 Å². The molecule has 0 saturated heterocycles. The maximum atomic E-state index is 5.41. The number of anilines is 3. The Bertz CT molecular complexity index is 1060. The van der Waals surface area contributed by atoms with E-state index in [9.17, 15) is 0 Å². The summed E-state index contributed by atoms with van der Waals surface area (Å²) in [7, 11) is 3.74. The van der Waals surface area contributed by atoms with Crippen molar-refractivity contribution < 1.29 is 9.47 Å². The number of aromatic nitrogens is 3. The van der Waals surface area contributed by atoms with Crippen LogP contribution in [0.25, 0.3) is 0 Å². The molecular formula is C20H20BrN7O2. The Labute approximate surface area is 182 Å². The van der Waals surface area contributed by atoms with Gasteiger partial charge in [-0.3, -0.25) is 0 Å². The van der Waals surface area contributed by atoms with Crippen molar-refractivity contribution in [2.24, 2.45) is 5.10 Å². The van der Waals surface area contributed by atoms with Gasteiger partial charge in [-0.2, -0.15) is 20.1 Å². The number of ether oxygens (including phenoxy) is 2. The summed E-state index contributed by atoms with van der Waals surface area (Å²) >= 11 is 3.51. The van der Waals surface area contributed by atoms with Crippen LogP contribution in [-0.2, 0) is 6.54 Å². The number of hydrogen-bond acceptors (Lipinski definition) is 9. The predicted octanol–water partition coefficient (Wildman–Crippen LogP) is 3.49. The van der Waals surface area contributed by atoms with Crippen LogP contribution in [0.4, 0.5) is 17.8 Å². The van der Waals surface area contributed by atoms with E-state index in [1.165, 1.54) is 0 Å². The number of hydrazone groups is 1. The molecule has 0 radical (unpaired) electrons. The standard InChI is InChI=1S/C20H20BrN7O2/c1-28(2)20-25-18(22-10-13-6-4-3-5-7-13)24-19(26-20)27-23-11-14-8-16-17(9-15(14)21)30-12-29-16/h3-9,11H,10,12H2,1-2H3,(H2,22,24,25,26,27)/b23-11-. The molecule has 2 aromatic carbocycles. The van der Waals surface area contributed by atoms with E-state index in [4.69, 9.17) is 9.47 Å². The monoisotopic (exact) mass is 469 g/mol. The molecule has 2 N–H and O–H groups in total. The van der Waals surface area contributed by atoms with Crippen LogP contribution in [0.3, 0.4) is 0 Å². The van der Waals surface area contributed by atoms with Gasteiger partial charge >= 0.3 is 0 Å². The Kier molecular flexibility index (Phi) is 5.94. The summed E-state index contributed by atoms with van der Waals surface area (Å²) < 4.78 is 11.6. The van der Waals surface area contributed by atoms with E-state index < -0.39 is 0 Å². The molecule has 0 unspecified atom stereocenters. The maximum absolute atomic E-state index is 5.41. The highest BCUT2D eigenvalue weighted by Crippen LogP contribution is 2.36. The van der Waals surface area contributed by atoms with Crippen LogP contribution in [0.5, 0.6) is 11.5 Å². The first-order valence-corrected chi connectivity index (χ1v) is 9.97. The third-order valence-corrected chi connectivity index (χ3v) is 4.86. The zero-order valence-corrected chi connectivity index (χ0v) is 18.0. The molecule has 10 heteroatoms. The molecule has 0 fully saturated rings. The van der Waals surface area contributed by atoms with Gasteiger partial charge in [-0.25, -0.2) is 5.43 Å². The van der Waals surface area contributed by atoms with E-state index in [2.05, 4.69) is 46.7 Å². The Balaban J connectivity index is 1.49. The highest BCUT2D eigenvalue weighted by atomic mass is 79.9. The largest absolute Gasteiger partial charge is 0.454 e. The summed E-state index contributed by atoms with van der Waals surface area (Å²) in [5.74, 6) is 2.69. The van der Waals surface area contributed by atoms with Crippen LogP contribution in [0.1, 0.15) is 11.1 Å². The molecule has 4 rings (SSSR count). The van der Waals surface area contributed by atoms with Gasteiger partial charge in [-0.15, -0.1) is 0 Å². The lowest BCUT2D eigenvalue weighted by atomic mass is 10.2. The number of halogens is 1. The summed E-state index contributed by atoms with van der Waals surface area (Å²) in [5, 5.41) is 7.48. The zero-order valence-electron chi connectivity index (χ0n) is 16.5. The molecule has 0 saturated carbocycles. The fraction of sp³-hybridized carbons (Fsp3) is 0.200. The topological polar surface area (TPSA) is 96.8 Å². The van der Waals surface area contributed by atoms with Crippen molar-refractivity contribution in [1.82, 2.24) is 15.0 Å². The molecule has 0 amide bonds. The van der Waals surface area contributed by atoms with Crippen molar-refractivity contribution in [1.29, 1.82) is 0 Å². The highest BCUT2D eigenvalue weighted by molar-refractivity contribution is 9.10. The van der Waals surface area contributed by atoms with Crippen LogP contribution in [0.15, 0.2) is 52.0 Å². The Morgan fingerprint density at radius 3 is 2.57 bits per heavy atom. The second-order valence-electron chi connectivity index (χ2n) is 6.61. The molecular weight excluding hydrogens is 450 g/mol. The van der Waals surface area contributed by atoms with Gasteiger partial charge in [0.2, 0.25) is 24.6 Å². The Morgan fingerprint density at radius 2 is 1.80 bits per heavy atom. The molecule has 1 aliphatic rings. The lowest BCUT2D eigenvalue weighted by molar-refractivity contribution is 0.174. The smallest absolute Gasteiger partial charge is 0.250 e. The fourth-order valence-electron chi connectivity index (χ4n) is 2.66. The van der Waals surface area contributed by atoms with Gasteiger partial charge in [0.05, 0.1) is 6.21 Å². The minimum Gasteiger partial charge on any atom is -0.454 e. The third kappa shape index (κ3) is 4.77. The van der Waals surface area contributed by atoms with Crippen molar-refractivity contribution in [2.45, 2.75) is 6.54 Å². The van der Waals surface area contributed by atoms with Crippen LogP contribution >= 0.6 is 15.9 Å². The highest BCUT2D eigenvalue weighted by Gasteiger charge is 2.15. The maximum Gasteiger partial charge on any atom is 0.250 e. The molecule has 2 heterocycles. The molecule has 0 aliphatic carbocycles. The lowest BCUT2D eigenvalue weighted by Gasteiger charge is -2.13. The predicted molar refractivity (Wildman–Crippen MR) is 119 cm³/mol. The normalized spacial score (nSPS) is 12.2. The number of fused-ring (bicyclic) bond motifs is 1. The van der Waals surface area contributed by atoms with E-state index in [-0.39, 0.29) is 6.79 Å². The van der Waals surface area contributed by atoms with Gasteiger partial charge in [-0.1, -0.05) is 30.3 Å². The second kappa shape index (κ2) is 8.95. The van der Waals surface area contributed by atoms with Crippen molar-refractivity contribution in [3.05, 3.63) is 58.1 Å². The SMILES string of the molecule is CN(C)c1nc(NCc2ccccc2)nc(N/N=C\c2cc3c(cc2Br)OCO3)n1. The average molecular weight is 470 g/mol. The van der Waals surface area contributed by atoms with Gasteiger partial charge in [0, 0.05) is 30.7 Å². The number of benzene rings is 2.